The molecular weight excluding hydrogens is 220 g/mol. The summed E-state index contributed by atoms with van der Waals surface area (Å²) in [5.74, 6) is 2.55. The van der Waals surface area contributed by atoms with Crippen molar-refractivity contribution in [3.05, 3.63) is 0 Å². The molecule has 1 saturated carbocycles. The van der Waals surface area contributed by atoms with Gasteiger partial charge in [0, 0.05) is 18.1 Å². The Morgan fingerprint density at radius 1 is 1.22 bits per heavy atom. The first-order chi connectivity index (χ1) is 8.24. The summed E-state index contributed by atoms with van der Waals surface area (Å²) in [4.78, 5) is 2.32. The molecule has 2 nitrogen and oxygen atoms in total. The fourth-order valence-electron chi connectivity index (χ4n) is 2.98. The lowest BCUT2D eigenvalue weighted by Gasteiger charge is -2.41. The molecule has 0 aromatic heterocycles. The molecule has 108 valence electrons. The van der Waals surface area contributed by atoms with Crippen molar-refractivity contribution >= 4 is 0 Å². The van der Waals surface area contributed by atoms with Crippen molar-refractivity contribution < 1.29 is 0 Å². The fraction of sp³-hybridized carbons (Fsp3) is 1.00. The third kappa shape index (κ3) is 4.24. The van der Waals surface area contributed by atoms with Crippen LogP contribution >= 0.6 is 0 Å². The highest BCUT2D eigenvalue weighted by Gasteiger charge is 2.32. The van der Waals surface area contributed by atoms with E-state index in [1.807, 2.05) is 0 Å². The van der Waals surface area contributed by atoms with Gasteiger partial charge in [0.25, 0.3) is 0 Å². The predicted molar refractivity (Wildman–Crippen MR) is 80.9 cm³/mol. The zero-order valence-corrected chi connectivity index (χ0v) is 13.6. The summed E-state index contributed by atoms with van der Waals surface area (Å²) in [5, 5.41) is 3.86. The Morgan fingerprint density at radius 2 is 1.83 bits per heavy atom. The molecule has 0 radical (unpaired) electrons. The van der Waals surface area contributed by atoms with Crippen molar-refractivity contribution in [3.8, 4) is 0 Å². The van der Waals surface area contributed by atoms with Gasteiger partial charge in [-0.1, -0.05) is 27.2 Å². The van der Waals surface area contributed by atoms with E-state index in [1.54, 1.807) is 0 Å². The maximum Gasteiger partial charge on any atom is 0.0271 e. The average Bonchev–Trinajstić information content (AvgIpc) is 2.26. The van der Waals surface area contributed by atoms with Gasteiger partial charge in [0.1, 0.15) is 0 Å². The van der Waals surface area contributed by atoms with Crippen LogP contribution in [0.5, 0.6) is 0 Å². The standard InChI is InChI=1S/C16H34N2/c1-12(2)14-9-8-13(3)10-15(14)17-11-16(4,5)18(6)7/h12-15,17H,8-11H2,1-7H3. The van der Waals surface area contributed by atoms with E-state index in [0.29, 0.717) is 6.04 Å². The molecule has 1 aliphatic rings. The molecule has 3 atom stereocenters. The van der Waals surface area contributed by atoms with E-state index in [-0.39, 0.29) is 5.54 Å². The van der Waals surface area contributed by atoms with Gasteiger partial charge in [0.2, 0.25) is 0 Å². The largest absolute Gasteiger partial charge is 0.312 e. The van der Waals surface area contributed by atoms with Gasteiger partial charge in [-0.25, -0.2) is 0 Å². The van der Waals surface area contributed by atoms with Crippen LogP contribution < -0.4 is 5.32 Å². The van der Waals surface area contributed by atoms with Crippen molar-refractivity contribution in [2.45, 2.75) is 65.5 Å². The molecule has 0 aromatic rings. The second kappa shape index (κ2) is 6.38. The molecule has 18 heavy (non-hydrogen) atoms. The van der Waals surface area contributed by atoms with Crippen LogP contribution in [0, 0.1) is 17.8 Å². The number of likely N-dealkylation sites (N-methyl/N-ethyl adjacent to an activating group) is 1. The van der Waals surface area contributed by atoms with E-state index < -0.39 is 0 Å². The maximum absolute atomic E-state index is 3.86. The maximum atomic E-state index is 3.86. The smallest absolute Gasteiger partial charge is 0.0271 e. The van der Waals surface area contributed by atoms with Crippen LogP contribution in [0.4, 0.5) is 0 Å². The molecule has 0 heterocycles. The predicted octanol–water partition coefficient (Wildman–Crippen LogP) is 3.38. The molecule has 1 N–H and O–H groups in total. The molecule has 0 aromatic carbocycles. The van der Waals surface area contributed by atoms with Crippen LogP contribution in [0.3, 0.4) is 0 Å². The van der Waals surface area contributed by atoms with Gasteiger partial charge < -0.3 is 10.2 Å². The minimum absolute atomic E-state index is 0.238. The average molecular weight is 254 g/mol. The number of nitrogens with zero attached hydrogens (tertiary/aromatic N) is 1. The molecule has 1 aliphatic carbocycles. The highest BCUT2D eigenvalue weighted by Crippen LogP contribution is 2.33. The molecule has 1 fully saturated rings. The third-order valence-electron chi connectivity index (χ3n) is 5.03. The van der Waals surface area contributed by atoms with E-state index in [0.717, 1.165) is 24.3 Å². The topological polar surface area (TPSA) is 15.3 Å². The highest BCUT2D eigenvalue weighted by atomic mass is 15.2. The SMILES string of the molecule is CC1CCC(C(C)C)C(NCC(C)(C)N(C)C)C1. The van der Waals surface area contributed by atoms with Gasteiger partial charge in [0.05, 0.1) is 0 Å². The van der Waals surface area contributed by atoms with Gasteiger partial charge in [-0.2, -0.15) is 0 Å². The molecule has 0 amide bonds. The quantitative estimate of drug-likeness (QED) is 0.809. The number of rotatable bonds is 5. The zero-order chi connectivity index (χ0) is 13.9. The lowest BCUT2D eigenvalue weighted by Crippen LogP contribution is -2.52. The lowest BCUT2D eigenvalue weighted by molar-refractivity contribution is 0.135. The Labute approximate surface area is 115 Å². The summed E-state index contributed by atoms with van der Waals surface area (Å²) in [7, 11) is 4.34. The van der Waals surface area contributed by atoms with Gasteiger partial charge >= 0.3 is 0 Å². The van der Waals surface area contributed by atoms with Crippen LogP contribution in [-0.2, 0) is 0 Å². The van der Waals surface area contributed by atoms with Gasteiger partial charge in [0.15, 0.2) is 0 Å². The Hall–Kier alpha value is -0.0800. The Kier molecular flexibility index (Phi) is 5.67. The Morgan fingerprint density at radius 3 is 2.33 bits per heavy atom. The second-order valence-corrected chi connectivity index (χ2v) is 7.52. The fourth-order valence-corrected chi connectivity index (χ4v) is 2.98. The summed E-state index contributed by atoms with van der Waals surface area (Å²) in [5.41, 5.74) is 0.238. The van der Waals surface area contributed by atoms with E-state index in [2.05, 4.69) is 58.9 Å². The monoisotopic (exact) mass is 254 g/mol. The molecule has 0 bridgehead atoms. The minimum Gasteiger partial charge on any atom is -0.312 e. The number of nitrogens with one attached hydrogen (secondary N) is 1. The van der Waals surface area contributed by atoms with Gasteiger partial charge in [-0.05, 0) is 58.5 Å². The zero-order valence-electron chi connectivity index (χ0n) is 13.6. The molecule has 0 saturated heterocycles. The summed E-state index contributed by atoms with van der Waals surface area (Å²) < 4.78 is 0. The molecule has 0 aliphatic heterocycles. The Balaban J connectivity index is 2.56. The highest BCUT2D eigenvalue weighted by molar-refractivity contribution is 4.89. The first kappa shape index (κ1) is 16.0. The first-order valence-electron chi connectivity index (χ1n) is 7.65. The lowest BCUT2D eigenvalue weighted by atomic mass is 9.74. The number of hydrogen-bond donors (Lipinski definition) is 1. The first-order valence-corrected chi connectivity index (χ1v) is 7.65. The van der Waals surface area contributed by atoms with E-state index in [1.165, 1.54) is 19.3 Å². The van der Waals surface area contributed by atoms with Crippen LogP contribution in [0.2, 0.25) is 0 Å². The van der Waals surface area contributed by atoms with Crippen LogP contribution in [0.1, 0.15) is 53.9 Å². The van der Waals surface area contributed by atoms with Crippen LogP contribution in [0.25, 0.3) is 0 Å². The summed E-state index contributed by atoms with van der Waals surface area (Å²) in [6, 6.07) is 0.716. The van der Waals surface area contributed by atoms with Crippen molar-refractivity contribution in [2.24, 2.45) is 17.8 Å². The van der Waals surface area contributed by atoms with Crippen LogP contribution in [0.15, 0.2) is 0 Å². The van der Waals surface area contributed by atoms with Gasteiger partial charge in [-0.3, -0.25) is 0 Å². The van der Waals surface area contributed by atoms with E-state index >= 15 is 0 Å². The van der Waals surface area contributed by atoms with Crippen molar-refractivity contribution in [2.75, 3.05) is 20.6 Å². The summed E-state index contributed by atoms with van der Waals surface area (Å²) in [6.45, 7) is 12.9. The van der Waals surface area contributed by atoms with Crippen LogP contribution in [-0.4, -0.2) is 37.1 Å². The summed E-state index contributed by atoms with van der Waals surface area (Å²) >= 11 is 0. The minimum atomic E-state index is 0.238. The molecule has 0 spiro atoms. The third-order valence-corrected chi connectivity index (χ3v) is 5.03. The normalized spacial score (nSPS) is 30.2. The number of hydrogen-bond acceptors (Lipinski definition) is 2. The van der Waals surface area contributed by atoms with E-state index in [4.69, 9.17) is 0 Å². The molecule has 1 rings (SSSR count). The van der Waals surface area contributed by atoms with E-state index in [9.17, 15) is 0 Å². The summed E-state index contributed by atoms with van der Waals surface area (Å²) in [6.07, 6.45) is 4.17. The van der Waals surface area contributed by atoms with Crippen molar-refractivity contribution in [1.82, 2.24) is 10.2 Å². The van der Waals surface area contributed by atoms with Crippen molar-refractivity contribution in [3.63, 3.8) is 0 Å². The van der Waals surface area contributed by atoms with Gasteiger partial charge in [-0.15, -0.1) is 0 Å². The second-order valence-electron chi connectivity index (χ2n) is 7.52. The van der Waals surface area contributed by atoms with Crippen molar-refractivity contribution in [1.29, 1.82) is 0 Å². The Bertz CT molecular complexity index is 245. The molecule has 3 unspecified atom stereocenters. The molecule has 2 heteroatoms. The molecular formula is C16H34N2.